The van der Waals surface area contributed by atoms with Crippen LogP contribution in [-0.4, -0.2) is 48.7 Å². The monoisotopic (exact) mass is 486 g/mol. The van der Waals surface area contributed by atoms with Crippen LogP contribution in [0.3, 0.4) is 0 Å². The van der Waals surface area contributed by atoms with E-state index < -0.39 is 42.8 Å². The molecule has 2 aromatic rings. The number of alkyl carbamates (subject to hydrolysis) is 1. The lowest BCUT2D eigenvalue weighted by molar-refractivity contribution is -0.144. The smallest absolute Gasteiger partial charge is 0.407 e. The van der Waals surface area contributed by atoms with E-state index >= 15 is 0 Å². The van der Waals surface area contributed by atoms with Crippen molar-refractivity contribution in [2.45, 2.75) is 44.1 Å². The Hall–Kier alpha value is -3.49. The van der Waals surface area contributed by atoms with Crippen molar-refractivity contribution in [3.05, 3.63) is 59.7 Å². The van der Waals surface area contributed by atoms with Crippen LogP contribution in [0.4, 0.5) is 13.6 Å². The molecule has 2 atom stereocenters. The average molecular weight is 487 g/mol. The zero-order valence-corrected chi connectivity index (χ0v) is 19.1. The molecule has 186 valence electrons. The van der Waals surface area contributed by atoms with Gasteiger partial charge in [-0.1, -0.05) is 55.0 Å². The first-order valence-electron chi connectivity index (χ1n) is 11.7. The largest absolute Gasteiger partial charge is 0.481 e. The molecule has 4 rings (SSSR count). The van der Waals surface area contributed by atoms with E-state index in [2.05, 4.69) is 10.6 Å². The van der Waals surface area contributed by atoms with Gasteiger partial charge in [-0.05, 0) is 41.0 Å². The molecule has 0 aliphatic heterocycles. The summed E-state index contributed by atoms with van der Waals surface area (Å²) in [5, 5.41) is 13.8. The van der Waals surface area contributed by atoms with E-state index in [9.17, 15) is 28.3 Å². The molecule has 2 unspecified atom stereocenters. The van der Waals surface area contributed by atoms with Gasteiger partial charge in [0.05, 0.1) is 12.3 Å². The van der Waals surface area contributed by atoms with Gasteiger partial charge in [0.1, 0.15) is 12.6 Å². The van der Waals surface area contributed by atoms with Crippen molar-refractivity contribution >= 4 is 18.0 Å². The minimum absolute atomic E-state index is 0.0161. The maximum Gasteiger partial charge on any atom is 0.407 e. The van der Waals surface area contributed by atoms with Crippen LogP contribution >= 0.6 is 0 Å². The summed E-state index contributed by atoms with van der Waals surface area (Å²) in [6.07, 6.45) is -2.23. The molecule has 0 aromatic heterocycles. The van der Waals surface area contributed by atoms with Gasteiger partial charge in [0.2, 0.25) is 5.91 Å². The molecule has 2 aliphatic rings. The fraction of sp³-hybridized carbons (Fsp3) is 0.423. The number of fused-ring (bicyclic) bond motifs is 3. The highest BCUT2D eigenvalue weighted by Crippen LogP contribution is 2.44. The minimum atomic E-state index is -3.00. The second-order valence-electron chi connectivity index (χ2n) is 9.05. The second kappa shape index (κ2) is 10.8. The number of alkyl halides is 2. The van der Waals surface area contributed by atoms with Crippen molar-refractivity contribution in [3.8, 4) is 11.1 Å². The van der Waals surface area contributed by atoms with E-state index in [1.807, 2.05) is 48.5 Å². The van der Waals surface area contributed by atoms with Gasteiger partial charge in [-0.15, -0.1) is 0 Å². The number of carbonyl (C=O) groups excluding carboxylic acids is 2. The summed E-state index contributed by atoms with van der Waals surface area (Å²) in [5.41, 5.74) is 4.07. The molecular weight excluding hydrogens is 458 g/mol. The van der Waals surface area contributed by atoms with Crippen LogP contribution in [0.2, 0.25) is 0 Å². The predicted octanol–water partition coefficient (Wildman–Crippen LogP) is 4.17. The first-order valence-corrected chi connectivity index (χ1v) is 11.7. The Morgan fingerprint density at radius 1 is 1.00 bits per heavy atom. The predicted molar refractivity (Wildman–Crippen MR) is 124 cm³/mol. The standard InChI is InChI=1S/C26H28F2N2O5/c27-24(28)22(12-23(31)29-13-20(25(32)33)15-6-5-7-15)30-26(34)35-14-21-18-10-3-1-8-16(18)17-9-2-4-11-19(17)21/h1-4,8-11,15,20-22,24H,5-7,12-14H2,(H,29,31)(H,30,34)(H,32,33). The lowest BCUT2D eigenvalue weighted by atomic mass is 9.76. The number of hydrogen-bond acceptors (Lipinski definition) is 4. The number of carbonyl (C=O) groups is 3. The number of rotatable bonds is 10. The molecule has 0 heterocycles. The van der Waals surface area contributed by atoms with Crippen LogP contribution in [0.25, 0.3) is 11.1 Å². The molecule has 0 radical (unpaired) electrons. The van der Waals surface area contributed by atoms with Crippen LogP contribution < -0.4 is 10.6 Å². The van der Waals surface area contributed by atoms with E-state index in [1.165, 1.54) is 0 Å². The zero-order chi connectivity index (χ0) is 24.9. The Bertz CT molecular complexity index is 1040. The Balaban J connectivity index is 1.31. The fourth-order valence-electron chi connectivity index (χ4n) is 4.79. The molecule has 3 N–H and O–H groups in total. The van der Waals surface area contributed by atoms with Gasteiger partial charge in [0, 0.05) is 12.5 Å². The van der Waals surface area contributed by atoms with Gasteiger partial charge in [-0.25, -0.2) is 13.6 Å². The molecule has 7 nitrogen and oxygen atoms in total. The Morgan fingerprint density at radius 3 is 2.11 bits per heavy atom. The molecule has 9 heteroatoms. The van der Waals surface area contributed by atoms with Crippen molar-refractivity contribution in [2.24, 2.45) is 11.8 Å². The molecule has 2 amide bonds. The Kier molecular flexibility index (Phi) is 7.63. The van der Waals surface area contributed by atoms with Gasteiger partial charge in [-0.3, -0.25) is 9.59 Å². The molecule has 1 saturated carbocycles. The highest BCUT2D eigenvalue weighted by Gasteiger charge is 2.34. The number of hydrogen-bond donors (Lipinski definition) is 3. The molecule has 1 fully saturated rings. The maximum atomic E-state index is 13.5. The Labute approximate surface area is 201 Å². The van der Waals surface area contributed by atoms with E-state index in [1.54, 1.807) is 0 Å². The number of nitrogens with one attached hydrogen (secondary N) is 2. The summed E-state index contributed by atoms with van der Waals surface area (Å²) in [6, 6.07) is 13.7. The quantitative estimate of drug-likeness (QED) is 0.468. The summed E-state index contributed by atoms with van der Waals surface area (Å²) in [6.45, 7) is -0.163. The average Bonchev–Trinajstić information content (AvgIpc) is 3.12. The molecule has 35 heavy (non-hydrogen) atoms. The van der Waals surface area contributed by atoms with E-state index in [0.29, 0.717) is 0 Å². The number of ether oxygens (including phenoxy) is 1. The number of benzene rings is 2. The number of aliphatic carboxylic acids is 1. The van der Waals surface area contributed by atoms with Gasteiger partial charge < -0.3 is 20.5 Å². The van der Waals surface area contributed by atoms with Gasteiger partial charge in [0.15, 0.2) is 0 Å². The van der Waals surface area contributed by atoms with Crippen molar-refractivity contribution in [1.29, 1.82) is 0 Å². The van der Waals surface area contributed by atoms with E-state index in [0.717, 1.165) is 41.5 Å². The third-order valence-electron chi connectivity index (χ3n) is 6.91. The van der Waals surface area contributed by atoms with Gasteiger partial charge in [0.25, 0.3) is 6.43 Å². The summed E-state index contributed by atoms with van der Waals surface area (Å²) >= 11 is 0. The van der Waals surface area contributed by atoms with E-state index in [-0.39, 0.29) is 25.0 Å². The molecule has 0 saturated heterocycles. The maximum absolute atomic E-state index is 13.5. The van der Waals surface area contributed by atoms with Crippen molar-refractivity contribution < 1.29 is 33.0 Å². The first kappa shape index (κ1) is 24.6. The highest BCUT2D eigenvalue weighted by atomic mass is 19.3. The summed E-state index contributed by atoms with van der Waals surface area (Å²) < 4.78 is 32.4. The zero-order valence-electron chi connectivity index (χ0n) is 19.1. The van der Waals surface area contributed by atoms with Crippen molar-refractivity contribution in [1.82, 2.24) is 10.6 Å². The third kappa shape index (κ3) is 5.61. The molecule has 2 aromatic carbocycles. The van der Waals surface area contributed by atoms with Gasteiger partial charge in [-0.2, -0.15) is 0 Å². The van der Waals surface area contributed by atoms with Crippen LogP contribution in [0.5, 0.6) is 0 Å². The number of carboxylic acid groups (broad SMARTS) is 1. The van der Waals surface area contributed by atoms with Crippen LogP contribution in [0.1, 0.15) is 42.7 Å². The topological polar surface area (TPSA) is 105 Å². The lowest BCUT2D eigenvalue weighted by Gasteiger charge is -2.31. The van der Waals surface area contributed by atoms with Crippen molar-refractivity contribution in [2.75, 3.05) is 13.2 Å². The normalized spacial score (nSPS) is 16.5. The summed E-state index contributed by atoms with van der Waals surface area (Å²) in [4.78, 5) is 36.0. The number of amides is 2. The molecule has 2 aliphatic carbocycles. The SMILES string of the molecule is O=C(CC(NC(=O)OCC1c2ccccc2-c2ccccc21)C(F)F)NCC(C(=O)O)C1CCC1. The first-order chi connectivity index (χ1) is 16.8. The molecule has 0 bridgehead atoms. The summed E-state index contributed by atoms with van der Waals surface area (Å²) in [5.74, 6) is -2.75. The second-order valence-corrected chi connectivity index (χ2v) is 9.05. The van der Waals surface area contributed by atoms with Crippen LogP contribution in [-0.2, 0) is 14.3 Å². The molecule has 0 spiro atoms. The minimum Gasteiger partial charge on any atom is -0.481 e. The Morgan fingerprint density at radius 2 is 1.60 bits per heavy atom. The third-order valence-corrected chi connectivity index (χ3v) is 6.91. The van der Waals surface area contributed by atoms with Crippen LogP contribution in [0.15, 0.2) is 48.5 Å². The fourth-order valence-corrected chi connectivity index (χ4v) is 4.79. The van der Waals surface area contributed by atoms with Crippen molar-refractivity contribution in [3.63, 3.8) is 0 Å². The summed E-state index contributed by atoms with van der Waals surface area (Å²) in [7, 11) is 0. The van der Waals surface area contributed by atoms with E-state index in [4.69, 9.17) is 4.74 Å². The number of halogens is 2. The van der Waals surface area contributed by atoms with Crippen LogP contribution in [0, 0.1) is 11.8 Å². The van der Waals surface area contributed by atoms with Gasteiger partial charge >= 0.3 is 12.1 Å². The lowest BCUT2D eigenvalue weighted by Crippen LogP contribution is -2.45. The molecular formula is C26H28F2N2O5. The highest BCUT2D eigenvalue weighted by molar-refractivity contribution is 5.80. The number of carboxylic acids is 1.